The van der Waals surface area contributed by atoms with Crippen LogP contribution in [0.3, 0.4) is 0 Å². The molecule has 1 amide bonds. The van der Waals surface area contributed by atoms with Crippen molar-refractivity contribution in [3.63, 3.8) is 0 Å². The van der Waals surface area contributed by atoms with Crippen LogP contribution in [-0.2, 0) is 4.79 Å². The van der Waals surface area contributed by atoms with E-state index in [1.807, 2.05) is 30.0 Å². The lowest BCUT2D eigenvalue weighted by Crippen LogP contribution is -2.49. The molecule has 2 heterocycles. The third-order valence-corrected chi connectivity index (χ3v) is 5.26. The van der Waals surface area contributed by atoms with Crippen LogP contribution >= 0.6 is 0 Å². The molecule has 4 rings (SSSR count). The Kier molecular flexibility index (Phi) is 4.97. The number of carbonyl (C=O) groups is 1. The van der Waals surface area contributed by atoms with E-state index in [9.17, 15) is 4.79 Å². The first-order valence-corrected chi connectivity index (χ1v) is 9.79. The van der Waals surface area contributed by atoms with Crippen LogP contribution in [0, 0.1) is 19.8 Å². The Bertz CT molecular complexity index is 808. The topological polar surface area (TPSA) is 61.4 Å². The van der Waals surface area contributed by atoms with Crippen molar-refractivity contribution in [2.45, 2.75) is 33.1 Å². The molecule has 0 bridgehead atoms. The maximum atomic E-state index is 12.3. The van der Waals surface area contributed by atoms with E-state index in [0.29, 0.717) is 17.8 Å². The molecule has 1 saturated heterocycles. The van der Waals surface area contributed by atoms with Crippen molar-refractivity contribution in [1.29, 1.82) is 0 Å². The second-order valence-corrected chi connectivity index (χ2v) is 7.70. The highest BCUT2D eigenvalue weighted by molar-refractivity contribution is 5.77. The van der Waals surface area contributed by atoms with E-state index >= 15 is 0 Å². The zero-order valence-corrected chi connectivity index (χ0v) is 16.1. The van der Waals surface area contributed by atoms with Crippen LogP contribution in [0.1, 0.15) is 30.5 Å². The predicted molar refractivity (Wildman–Crippen MR) is 107 cm³/mol. The van der Waals surface area contributed by atoms with Gasteiger partial charge in [-0.15, -0.1) is 0 Å². The first-order valence-electron chi connectivity index (χ1n) is 9.79. The quantitative estimate of drug-likeness (QED) is 0.881. The van der Waals surface area contributed by atoms with Crippen molar-refractivity contribution in [1.82, 2.24) is 14.9 Å². The molecule has 1 aliphatic carbocycles. The van der Waals surface area contributed by atoms with Crippen molar-refractivity contribution in [2.75, 3.05) is 36.4 Å². The van der Waals surface area contributed by atoms with Gasteiger partial charge in [0.2, 0.25) is 11.9 Å². The number of aromatic nitrogens is 2. The summed E-state index contributed by atoms with van der Waals surface area (Å²) in [6.45, 7) is 7.24. The van der Waals surface area contributed by atoms with Gasteiger partial charge in [0, 0.05) is 50.0 Å². The highest BCUT2D eigenvalue weighted by Gasteiger charge is 2.29. The van der Waals surface area contributed by atoms with E-state index in [4.69, 9.17) is 4.98 Å². The van der Waals surface area contributed by atoms with Gasteiger partial charge in [0.15, 0.2) is 0 Å². The lowest BCUT2D eigenvalue weighted by molar-refractivity contribution is -0.131. The van der Waals surface area contributed by atoms with Crippen LogP contribution < -0.4 is 10.2 Å². The molecule has 0 atom stereocenters. The number of anilines is 3. The van der Waals surface area contributed by atoms with Crippen LogP contribution in [0.4, 0.5) is 17.5 Å². The van der Waals surface area contributed by atoms with E-state index in [0.717, 1.165) is 49.8 Å². The molecule has 142 valence electrons. The lowest BCUT2D eigenvalue weighted by Gasteiger charge is -2.35. The third-order valence-electron chi connectivity index (χ3n) is 5.26. The van der Waals surface area contributed by atoms with Crippen molar-refractivity contribution >= 4 is 23.4 Å². The van der Waals surface area contributed by atoms with Crippen LogP contribution in [0.25, 0.3) is 0 Å². The molecular formula is C21H27N5O. The Morgan fingerprint density at radius 1 is 1.07 bits per heavy atom. The average molecular weight is 365 g/mol. The van der Waals surface area contributed by atoms with Gasteiger partial charge in [-0.2, -0.15) is 4.98 Å². The zero-order valence-electron chi connectivity index (χ0n) is 16.1. The summed E-state index contributed by atoms with van der Waals surface area (Å²) in [5.41, 5.74) is 3.13. The molecule has 0 radical (unpaired) electrons. The van der Waals surface area contributed by atoms with Crippen molar-refractivity contribution < 1.29 is 4.79 Å². The third kappa shape index (κ3) is 4.56. The minimum Gasteiger partial charge on any atom is -0.353 e. The van der Waals surface area contributed by atoms with E-state index in [-0.39, 0.29) is 0 Å². The predicted octanol–water partition coefficient (Wildman–Crippen LogP) is 3.29. The zero-order chi connectivity index (χ0) is 18.8. The van der Waals surface area contributed by atoms with Gasteiger partial charge in [-0.3, -0.25) is 4.79 Å². The minimum atomic E-state index is 0.317. The number of hydrogen-bond donors (Lipinski definition) is 1. The SMILES string of the molecule is Cc1ccc(Nc2nc(C)cc(N3CCN(C(=O)CC4CC4)CC3)n2)cc1. The van der Waals surface area contributed by atoms with E-state index < -0.39 is 0 Å². The molecule has 6 nitrogen and oxygen atoms in total. The Morgan fingerprint density at radius 2 is 1.78 bits per heavy atom. The number of hydrogen-bond acceptors (Lipinski definition) is 5. The molecule has 0 spiro atoms. The number of rotatable bonds is 5. The van der Waals surface area contributed by atoms with E-state index in [2.05, 4.69) is 34.3 Å². The number of aryl methyl sites for hydroxylation is 2. The second-order valence-electron chi connectivity index (χ2n) is 7.70. The summed E-state index contributed by atoms with van der Waals surface area (Å²) in [4.78, 5) is 25.8. The van der Waals surface area contributed by atoms with Gasteiger partial charge in [0.05, 0.1) is 0 Å². The molecular weight excluding hydrogens is 338 g/mol. The van der Waals surface area contributed by atoms with Crippen LogP contribution in [-0.4, -0.2) is 47.0 Å². The number of nitrogens with one attached hydrogen (secondary N) is 1. The molecule has 1 aromatic heterocycles. The smallest absolute Gasteiger partial charge is 0.229 e. The second kappa shape index (κ2) is 7.55. The minimum absolute atomic E-state index is 0.317. The highest BCUT2D eigenvalue weighted by atomic mass is 16.2. The molecule has 1 aromatic carbocycles. The Morgan fingerprint density at radius 3 is 2.44 bits per heavy atom. The Hall–Kier alpha value is -2.63. The summed E-state index contributed by atoms with van der Waals surface area (Å²) >= 11 is 0. The maximum Gasteiger partial charge on any atom is 0.229 e. The summed E-state index contributed by atoms with van der Waals surface area (Å²) in [7, 11) is 0. The van der Waals surface area contributed by atoms with E-state index in [1.54, 1.807) is 0 Å². The largest absolute Gasteiger partial charge is 0.353 e. The molecule has 1 N–H and O–H groups in total. The standard InChI is InChI=1S/C21H27N5O/c1-15-3-7-18(8-4-15)23-21-22-16(2)13-19(24-21)25-9-11-26(12-10-25)20(27)14-17-5-6-17/h3-4,7-8,13,17H,5-6,9-12,14H2,1-2H3,(H,22,23,24). The number of carbonyl (C=O) groups excluding carboxylic acids is 1. The highest BCUT2D eigenvalue weighted by Crippen LogP contribution is 2.33. The monoisotopic (exact) mass is 365 g/mol. The molecule has 6 heteroatoms. The number of piperazine rings is 1. The lowest BCUT2D eigenvalue weighted by atomic mass is 10.2. The van der Waals surface area contributed by atoms with Crippen LogP contribution in [0.2, 0.25) is 0 Å². The Balaban J connectivity index is 1.40. The molecule has 1 saturated carbocycles. The molecule has 1 aliphatic heterocycles. The summed E-state index contributed by atoms with van der Waals surface area (Å²) < 4.78 is 0. The van der Waals surface area contributed by atoms with Gasteiger partial charge < -0.3 is 15.1 Å². The van der Waals surface area contributed by atoms with Gasteiger partial charge in [-0.25, -0.2) is 4.98 Å². The molecule has 2 fully saturated rings. The summed E-state index contributed by atoms with van der Waals surface area (Å²) in [5, 5.41) is 3.29. The van der Waals surface area contributed by atoms with Gasteiger partial charge in [-0.1, -0.05) is 17.7 Å². The van der Waals surface area contributed by atoms with Gasteiger partial charge >= 0.3 is 0 Å². The van der Waals surface area contributed by atoms with Gasteiger partial charge in [0.1, 0.15) is 5.82 Å². The molecule has 0 unspecified atom stereocenters. The number of amides is 1. The fraction of sp³-hybridized carbons (Fsp3) is 0.476. The van der Waals surface area contributed by atoms with Crippen molar-refractivity contribution in [3.8, 4) is 0 Å². The van der Waals surface area contributed by atoms with Crippen LogP contribution in [0.5, 0.6) is 0 Å². The van der Waals surface area contributed by atoms with Crippen molar-refractivity contribution in [3.05, 3.63) is 41.6 Å². The van der Waals surface area contributed by atoms with Crippen molar-refractivity contribution in [2.24, 2.45) is 5.92 Å². The Labute approximate surface area is 160 Å². The summed E-state index contributed by atoms with van der Waals surface area (Å²) in [6, 6.07) is 10.2. The summed E-state index contributed by atoms with van der Waals surface area (Å²) in [5.74, 6) is 2.50. The summed E-state index contributed by atoms with van der Waals surface area (Å²) in [6.07, 6.45) is 3.18. The van der Waals surface area contributed by atoms with Crippen LogP contribution in [0.15, 0.2) is 30.3 Å². The van der Waals surface area contributed by atoms with Gasteiger partial charge in [-0.05, 0) is 44.7 Å². The number of benzene rings is 1. The van der Waals surface area contributed by atoms with E-state index in [1.165, 1.54) is 18.4 Å². The first-order chi connectivity index (χ1) is 13.1. The molecule has 2 aliphatic rings. The first kappa shape index (κ1) is 17.8. The fourth-order valence-electron chi connectivity index (χ4n) is 3.42. The molecule has 27 heavy (non-hydrogen) atoms. The maximum absolute atomic E-state index is 12.3. The fourth-order valence-corrected chi connectivity index (χ4v) is 3.42. The molecule has 2 aromatic rings. The normalized spacial score (nSPS) is 17.1. The van der Waals surface area contributed by atoms with Gasteiger partial charge in [0.25, 0.3) is 0 Å². The number of nitrogens with zero attached hydrogens (tertiary/aromatic N) is 4. The average Bonchev–Trinajstić information content (AvgIpc) is 3.47.